The van der Waals surface area contributed by atoms with Crippen LogP contribution >= 0.6 is 0 Å². The lowest BCUT2D eigenvalue weighted by Crippen LogP contribution is -2.40. The van der Waals surface area contributed by atoms with Crippen LogP contribution in [0.4, 0.5) is 0 Å². The summed E-state index contributed by atoms with van der Waals surface area (Å²) in [6.07, 6.45) is 3.98. The van der Waals surface area contributed by atoms with Crippen LogP contribution in [0.15, 0.2) is 43.5 Å². The average molecular weight is 319 g/mol. The molecule has 0 spiro atoms. The normalized spacial score (nSPS) is 11.2. The van der Waals surface area contributed by atoms with Gasteiger partial charge in [0.1, 0.15) is 12.6 Å². The Labute approximate surface area is 135 Å². The maximum Gasteiger partial charge on any atom is 0.326 e. The molecule has 1 unspecified atom stereocenters. The maximum absolute atomic E-state index is 12.2. The smallest absolute Gasteiger partial charge is 0.326 e. The van der Waals surface area contributed by atoms with Crippen LogP contribution in [0.2, 0.25) is 0 Å². The van der Waals surface area contributed by atoms with Crippen molar-refractivity contribution >= 4 is 11.9 Å². The molecule has 0 heterocycles. The van der Waals surface area contributed by atoms with Gasteiger partial charge in [-0.2, -0.15) is 0 Å². The van der Waals surface area contributed by atoms with Gasteiger partial charge in [0.25, 0.3) is 5.91 Å². The van der Waals surface area contributed by atoms with Crippen LogP contribution in [-0.2, 0) is 4.79 Å². The second-order valence-electron chi connectivity index (χ2n) is 4.70. The number of ether oxygens (including phenoxy) is 2. The van der Waals surface area contributed by atoms with Crippen molar-refractivity contribution in [2.45, 2.75) is 18.9 Å². The van der Waals surface area contributed by atoms with Crippen LogP contribution in [0.3, 0.4) is 0 Å². The highest BCUT2D eigenvalue weighted by Crippen LogP contribution is 2.28. The number of carbonyl (C=O) groups excluding carboxylic acids is 1. The first-order valence-electron chi connectivity index (χ1n) is 7.09. The number of amides is 1. The number of methoxy groups -OCH3 is 1. The summed E-state index contributed by atoms with van der Waals surface area (Å²) in [4.78, 5) is 23.4. The molecule has 0 aliphatic rings. The second kappa shape index (κ2) is 9.30. The number of carboxylic acid groups (broad SMARTS) is 1. The number of rotatable bonds is 10. The van der Waals surface area contributed by atoms with Gasteiger partial charge >= 0.3 is 5.97 Å². The van der Waals surface area contributed by atoms with Crippen LogP contribution in [0.25, 0.3) is 0 Å². The minimum atomic E-state index is -1.09. The van der Waals surface area contributed by atoms with Crippen LogP contribution in [0.5, 0.6) is 11.5 Å². The molecule has 0 aromatic heterocycles. The average Bonchev–Trinajstić information content (AvgIpc) is 2.55. The first-order valence-corrected chi connectivity index (χ1v) is 7.09. The number of carboxylic acids is 1. The molecule has 2 N–H and O–H groups in total. The highest BCUT2D eigenvalue weighted by Gasteiger charge is 2.20. The molecule has 6 nitrogen and oxygen atoms in total. The molecule has 124 valence electrons. The first kappa shape index (κ1) is 18.3. The van der Waals surface area contributed by atoms with Crippen molar-refractivity contribution in [2.75, 3.05) is 13.7 Å². The Bertz CT molecular complexity index is 582. The van der Waals surface area contributed by atoms with E-state index in [9.17, 15) is 9.59 Å². The molecule has 0 saturated carbocycles. The predicted molar refractivity (Wildman–Crippen MR) is 87.0 cm³/mol. The summed E-state index contributed by atoms with van der Waals surface area (Å²) in [5, 5.41) is 11.6. The van der Waals surface area contributed by atoms with E-state index in [4.69, 9.17) is 14.6 Å². The van der Waals surface area contributed by atoms with E-state index in [1.807, 2.05) is 0 Å². The summed E-state index contributed by atoms with van der Waals surface area (Å²) in [5.74, 6) is -0.712. The van der Waals surface area contributed by atoms with Crippen molar-refractivity contribution in [1.82, 2.24) is 5.32 Å². The van der Waals surface area contributed by atoms with Gasteiger partial charge in [-0.15, -0.1) is 6.58 Å². The number of carbonyl (C=O) groups is 2. The van der Waals surface area contributed by atoms with E-state index >= 15 is 0 Å². The van der Waals surface area contributed by atoms with Gasteiger partial charge in [0.15, 0.2) is 11.5 Å². The summed E-state index contributed by atoms with van der Waals surface area (Å²) in [5.41, 5.74) is 0.289. The molecule has 0 fully saturated rings. The second-order valence-corrected chi connectivity index (χ2v) is 4.70. The summed E-state index contributed by atoms with van der Waals surface area (Å²) in [6.45, 7) is 7.41. The van der Waals surface area contributed by atoms with Crippen molar-refractivity contribution in [3.63, 3.8) is 0 Å². The van der Waals surface area contributed by atoms with E-state index < -0.39 is 17.9 Å². The molecule has 0 radical (unpaired) electrons. The number of nitrogens with one attached hydrogen (secondary N) is 1. The predicted octanol–water partition coefficient (Wildman–Crippen LogP) is 2.41. The monoisotopic (exact) mass is 319 g/mol. The lowest BCUT2D eigenvalue weighted by molar-refractivity contribution is -0.139. The fraction of sp³-hybridized carbons (Fsp3) is 0.294. The zero-order chi connectivity index (χ0) is 17.2. The van der Waals surface area contributed by atoms with Crippen LogP contribution in [0, 0.1) is 0 Å². The van der Waals surface area contributed by atoms with Crippen LogP contribution < -0.4 is 14.8 Å². The third-order valence-electron chi connectivity index (χ3n) is 3.05. The van der Waals surface area contributed by atoms with Gasteiger partial charge in [-0.05, 0) is 31.0 Å². The highest BCUT2D eigenvalue weighted by molar-refractivity contribution is 5.97. The van der Waals surface area contributed by atoms with E-state index in [-0.39, 0.29) is 12.0 Å². The fourth-order valence-corrected chi connectivity index (χ4v) is 1.86. The standard InChI is InChI=1S/C17H21NO5/c1-4-6-7-13(17(20)21)18-16(19)12-8-9-14(23-10-5-2)15(11-12)22-3/h4-5,8-9,11,13H,1-2,6-7,10H2,3H3,(H,18,19)(H,20,21). The van der Waals surface area contributed by atoms with Gasteiger partial charge in [0, 0.05) is 5.56 Å². The molecule has 0 aliphatic carbocycles. The van der Waals surface area contributed by atoms with Gasteiger partial charge in [-0.25, -0.2) is 4.79 Å². The molecule has 1 amide bonds. The number of allylic oxidation sites excluding steroid dienone is 1. The Kier molecular flexibility index (Phi) is 7.39. The quantitative estimate of drug-likeness (QED) is 0.647. The van der Waals surface area contributed by atoms with Crippen molar-refractivity contribution in [3.05, 3.63) is 49.1 Å². The molecule has 0 saturated heterocycles. The zero-order valence-corrected chi connectivity index (χ0v) is 13.1. The largest absolute Gasteiger partial charge is 0.493 e. The Balaban J connectivity index is 2.87. The Morgan fingerprint density at radius 2 is 2.04 bits per heavy atom. The lowest BCUT2D eigenvalue weighted by atomic mass is 10.1. The molecule has 0 bridgehead atoms. The molecule has 1 rings (SSSR count). The molecular formula is C17H21NO5. The van der Waals surface area contributed by atoms with Crippen molar-refractivity contribution < 1.29 is 24.2 Å². The molecule has 6 heteroatoms. The molecule has 1 aromatic carbocycles. The summed E-state index contributed by atoms with van der Waals surface area (Å²) in [6, 6.07) is 3.67. The third-order valence-corrected chi connectivity index (χ3v) is 3.05. The SMILES string of the molecule is C=CCCC(NC(=O)c1ccc(OCC=C)c(OC)c1)C(=O)O. The van der Waals surface area contributed by atoms with Gasteiger partial charge in [0.2, 0.25) is 0 Å². The summed E-state index contributed by atoms with van der Waals surface area (Å²) >= 11 is 0. The minimum Gasteiger partial charge on any atom is -0.493 e. The van der Waals surface area contributed by atoms with E-state index in [0.29, 0.717) is 24.5 Å². The van der Waals surface area contributed by atoms with Crippen molar-refractivity contribution in [3.8, 4) is 11.5 Å². The van der Waals surface area contributed by atoms with Crippen LogP contribution in [0.1, 0.15) is 23.2 Å². The van der Waals surface area contributed by atoms with Crippen molar-refractivity contribution in [2.24, 2.45) is 0 Å². The summed E-state index contributed by atoms with van der Waals surface area (Å²) < 4.78 is 10.6. The van der Waals surface area contributed by atoms with Crippen molar-refractivity contribution in [1.29, 1.82) is 0 Å². The van der Waals surface area contributed by atoms with Gasteiger partial charge in [-0.3, -0.25) is 4.79 Å². The third kappa shape index (κ3) is 5.50. The van der Waals surface area contributed by atoms with E-state index in [2.05, 4.69) is 18.5 Å². The number of hydrogen-bond acceptors (Lipinski definition) is 4. The molecule has 0 aliphatic heterocycles. The number of aliphatic carboxylic acids is 1. The van der Waals surface area contributed by atoms with E-state index in [1.165, 1.54) is 13.2 Å². The molecular weight excluding hydrogens is 298 g/mol. The van der Waals surface area contributed by atoms with E-state index in [1.54, 1.807) is 24.3 Å². The molecule has 1 aromatic rings. The fourth-order valence-electron chi connectivity index (χ4n) is 1.86. The Morgan fingerprint density at radius 3 is 2.61 bits per heavy atom. The minimum absolute atomic E-state index is 0.280. The van der Waals surface area contributed by atoms with Crippen LogP contribution in [-0.4, -0.2) is 36.7 Å². The topological polar surface area (TPSA) is 84.9 Å². The maximum atomic E-state index is 12.2. The Hall–Kier alpha value is -2.76. The summed E-state index contributed by atoms with van der Waals surface area (Å²) in [7, 11) is 1.46. The molecule has 1 atom stereocenters. The Morgan fingerprint density at radius 1 is 1.30 bits per heavy atom. The van der Waals surface area contributed by atoms with Gasteiger partial charge < -0.3 is 19.9 Å². The number of hydrogen-bond donors (Lipinski definition) is 2. The lowest BCUT2D eigenvalue weighted by Gasteiger charge is -2.15. The van der Waals surface area contributed by atoms with Gasteiger partial charge in [0.05, 0.1) is 7.11 Å². The number of benzene rings is 1. The highest BCUT2D eigenvalue weighted by atomic mass is 16.5. The van der Waals surface area contributed by atoms with E-state index in [0.717, 1.165) is 0 Å². The van der Waals surface area contributed by atoms with Gasteiger partial charge in [-0.1, -0.05) is 18.7 Å². The zero-order valence-electron chi connectivity index (χ0n) is 13.1. The molecule has 23 heavy (non-hydrogen) atoms. The first-order chi connectivity index (χ1) is 11.0.